The van der Waals surface area contributed by atoms with Crippen LogP contribution in [-0.4, -0.2) is 13.4 Å². The Morgan fingerprint density at radius 1 is 1.43 bits per heavy atom. The van der Waals surface area contributed by atoms with Gasteiger partial charge in [0.2, 0.25) is 0 Å². The van der Waals surface area contributed by atoms with Gasteiger partial charge in [0.1, 0.15) is 12.0 Å². The predicted molar refractivity (Wildman–Crippen MR) is 59.8 cm³/mol. The summed E-state index contributed by atoms with van der Waals surface area (Å²) in [6, 6.07) is 5.65. The summed E-state index contributed by atoms with van der Waals surface area (Å²) in [5.41, 5.74) is 0.374. The molecule has 0 bridgehead atoms. The number of rotatable bonds is 3. The topological polar surface area (TPSA) is 26.3 Å². The molecule has 0 saturated carbocycles. The third kappa shape index (κ3) is 2.15. The van der Waals surface area contributed by atoms with Crippen LogP contribution in [0.4, 0.5) is 0 Å². The zero-order valence-electron chi connectivity index (χ0n) is 8.50. The number of ether oxygens (including phenoxy) is 1. The Labute approximate surface area is 92.4 Å². The first-order valence-electron chi connectivity index (χ1n) is 4.31. The van der Waals surface area contributed by atoms with Gasteiger partial charge in [-0.15, -0.1) is 0 Å². The van der Waals surface area contributed by atoms with Crippen LogP contribution in [0.3, 0.4) is 0 Å². The Balaban J connectivity index is 3.30. The summed E-state index contributed by atoms with van der Waals surface area (Å²) in [5.74, 6) is 0.741. The molecule has 14 heavy (non-hydrogen) atoms. The molecule has 0 atom stereocenters. The van der Waals surface area contributed by atoms with Gasteiger partial charge in [0.05, 0.1) is 7.11 Å². The van der Waals surface area contributed by atoms with Gasteiger partial charge in [-0.3, -0.25) is 0 Å². The van der Waals surface area contributed by atoms with E-state index in [1.807, 2.05) is 32.0 Å². The van der Waals surface area contributed by atoms with Crippen LogP contribution in [0.25, 0.3) is 0 Å². The van der Waals surface area contributed by atoms with Crippen molar-refractivity contribution in [2.45, 2.75) is 19.3 Å². The third-order valence-corrected chi connectivity index (χ3v) is 2.64. The van der Waals surface area contributed by atoms with Gasteiger partial charge >= 0.3 is 0 Å². The molecule has 0 aliphatic rings. The molecule has 0 amide bonds. The maximum Gasteiger partial charge on any atom is 0.130 e. The van der Waals surface area contributed by atoms with Crippen molar-refractivity contribution in [1.82, 2.24) is 0 Å². The van der Waals surface area contributed by atoms with Gasteiger partial charge in [-0.05, 0) is 32.0 Å². The molecule has 2 nitrogen and oxygen atoms in total. The van der Waals surface area contributed by atoms with E-state index in [1.54, 1.807) is 7.11 Å². The molecule has 0 fully saturated rings. The molecule has 0 spiro atoms. The molecular formula is C11H13BrO2. The molecule has 0 radical (unpaired) electrons. The van der Waals surface area contributed by atoms with Gasteiger partial charge in [-0.2, -0.15) is 0 Å². The Bertz CT molecular complexity index is 345. The number of carbonyl (C=O) groups excluding carboxylic acids is 1. The van der Waals surface area contributed by atoms with Crippen LogP contribution in [0.5, 0.6) is 5.75 Å². The molecule has 0 aromatic heterocycles. The first kappa shape index (κ1) is 11.2. The average molecular weight is 257 g/mol. The summed E-state index contributed by atoms with van der Waals surface area (Å²) in [5, 5.41) is 0. The molecule has 1 aromatic carbocycles. The normalized spacial score (nSPS) is 11.1. The van der Waals surface area contributed by atoms with Crippen LogP contribution < -0.4 is 4.74 Å². The molecule has 76 valence electrons. The highest BCUT2D eigenvalue weighted by molar-refractivity contribution is 9.10. The van der Waals surface area contributed by atoms with E-state index in [4.69, 9.17) is 4.74 Å². The summed E-state index contributed by atoms with van der Waals surface area (Å²) in [4.78, 5) is 10.9. The first-order valence-corrected chi connectivity index (χ1v) is 5.11. The van der Waals surface area contributed by atoms with Gasteiger partial charge in [0, 0.05) is 15.5 Å². The Morgan fingerprint density at radius 2 is 2.07 bits per heavy atom. The minimum atomic E-state index is -0.519. The molecule has 0 unspecified atom stereocenters. The second-order valence-electron chi connectivity index (χ2n) is 3.68. The maximum absolute atomic E-state index is 10.9. The van der Waals surface area contributed by atoms with Crippen LogP contribution in [0.1, 0.15) is 19.4 Å². The summed E-state index contributed by atoms with van der Waals surface area (Å²) in [6.45, 7) is 3.73. The monoisotopic (exact) mass is 256 g/mol. The standard InChI is InChI=1S/C11H13BrO2/c1-11(2,7-13)9-6-8(12)4-5-10(9)14-3/h4-7H,1-3H3. The lowest BCUT2D eigenvalue weighted by atomic mass is 9.86. The SMILES string of the molecule is COc1ccc(Br)cc1C(C)(C)C=O. The zero-order chi connectivity index (χ0) is 10.8. The largest absolute Gasteiger partial charge is 0.496 e. The fourth-order valence-corrected chi connectivity index (χ4v) is 1.61. The van der Waals surface area contributed by atoms with Gasteiger partial charge in [0.25, 0.3) is 0 Å². The van der Waals surface area contributed by atoms with Crippen molar-refractivity contribution in [3.8, 4) is 5.75 Å². The summed E-state index contributed by atoms with van der Waals surface area (Å²) < 4.78 is 6.16. The van der Waals surface area contributed by atoms with Crippen LogP contribution in [0.2, 0.25) is 0 Å². The lowest BCUT2D eigenvalue weighted by molar-refractivity contribution is -0.111. The number of carbonyl (C=O) groups is 1. The summed E-state index contributed by atoms with van der Waals surface area (Å²) in [7, 11) is 1.60. The molecule has 0 heterocycles. The highest BCUT2D eigenvalue weighted by Gasteiger charge is 2.23. The average Bonchev–Trinajstić information content (AvgIpc) is 2.18. The first-order chi connectivity index (χ1) is 6.51. The van der Waals surface area contributed by atoms with E-state index in [-0.39, 0.29) is 0 Å². The van der Waals surface area contributed by atoms with Gasteiger partial charge < -0.3 is 9.53 Å². The molecule has 0 aliphatic heterocycles. The van der Waals surface area contributed by atoms with Gasteiger partial charge in [0.15, 0.2) is 0 Å². The van der Waals surface area contributed by atoms with Crippen molar-refractivity contribution in [2.24, 2.45) is 0 Å². The fourth-order valence-electron chi connectivity index (χ4n) is 1.25. The van der Waals surface area contributed by atoms with Crippen molar-refractivity contribution >= 4 is 22.2 Å². The van der Waals surface area contributed by atoms with Crippen LogP contribution >= 0.6 is 15.9 Å². The highest BCUT2D eigenvalue weighted by atomic mass is 79.9. The third-order valence-electron chi connectivity index (χ3n) is 2.15. The number of hydrogen-bond acceptors (Lipinski definition) is 2. The number of hydrogen-bond donors (Lipinski definition) is 0. The predicted octanol–water partition coefficient (Wildman–Crippen LogP) is 2.93. The van der Waals surface area contributed by atoms with E-state index in [0.717, 1.165) is 22.1 Å². The number of methoxy groups -OCH3 is 1. The van der Waals surface area contributed by atoms with Gasteiger partial charge in [-0.1, -0.05) is 15.9 Å². The maximum atomic E-state index is 10.9. The Kier molecular flexibility index (Phi) is 3.32. The van der Waals surface area contributed by atoms with E-state index in [9.17, 15) is 4.79 Å². The lowest BCUT2D eigenvalue weighted by Crippen LogP contribution is -2.19. The van der Waals surface area contributed by atoms with Crippen molar-refractivity contribution in [1.29, 1.82) is 0 Å². The molecule has 0 aliphatic carbocycles. The molecule has 0 N–H and O–H groups in total. The second kappa shape index (κ2) is 4.13. The summed E-state index contributed by atoms with van der Waals surface area (Å²) >= 11 is 3.38. The lowest BCUT2D eigenvalue weighted by Gasteiger charge is -2.20. The highest BCUT2D eigenvalue weighted by Crippen LogP contribution is 2.32. The van der Waals surface area contributed by atoms with E-state index in [0.29, 0.717) is 0 Å². The minimum Gasteiger partial charge on any atom is -0.496 e. The Hall–Kier alpha value is -0.830. The smallest absolute Gasteiger partial charge is 0.130 e. The zero-order valence-corrected chi connectivity index (χ0v) is 10.1. The number of aldehydes is 1. The van der Waals surface area contributed by atoms with E-state index >= 15 is 0 Å². The van der Waals surface area contributed by atoms with Gasteiger partial charge in [-0.25, -0.2) is 0 Å². The molecule has 0 saturated heterocycles. The minimum absolute atomic E-state index is 0.519. The van der Waals surface area contributed by atoms with E-state index in [1.165, 1.54) is 0 Å². The van der Waals surface area contributed by atoms with Crippen LogP contribution in [0, 0.1) is 0 Å². The second-order valence-corrected chi connectivity index (χ2v) is 4.60. The van der Waals surface area contributed by atoms with E-state index in [2.05, 4.69) is 15.9 Å². The van der Waals surface area contributed by atoms with Crippen LogP contribution in [0.15, 0.2) is 22.7 Å². The van der Waals surface area contributed by atoms with Crippen molar-refractivity contribution < 1.29 is 9.53 Å². The van der Waals surface area contributed by atoms with Crippen molar-refractivity contribution in [3.05, 3.63) is 28.2 Å². The van der Waals surface area contributed by atoms with Crippen LogP contribution in [-0.2, 0) is 10.2 Å². The number of halogens is 1. The summed E-state index contributed by atoms with van der Waals surface area (Å²) in [6.07, 6.45) is 0.928. The van der Waals surface area contributed by atoms with Crippen molar-refractivity contribution in [2.75, 3.05) is 7.11 Å². The van der Waals surface area contributed by atoms with E-state index < -0.39 is 5.41 Å². The quantitative estimate of drug-likeness (QED) is 0.778. The fraction of sp³-hybridized carbons (Fsp3) is 0.364. The molecule has 3 heteroatoms. The molecular weight excluding hydrogens is 244 g/mol. The van der Waals surface area contributed by atoms with Crippen molar-refractivity contribution in [3.63, 3.8) is 0 Å². The molecule has 1 rings (SSSR count). The molecule has 1 aromatic rings. The Morgan fingerprint density at radius 3 is 2.57 bits per heavy atom. The number of benzene rings is 1.